The van der Waals surface area contributed by atoms with Crippen LogP contribution in [0.1, 0.15) is 22.3 Å². The number of benzene rings is 3. The Bertz CT molecular complexity index is 1650. The van der Waals surface area contributed by atoms with Crippen LogP contribution in [0.4, 0.5) is 0 Å². The zero-order chi connectivity index (χ0) is 28.3. The third-order valence-electron chi connectivity index (χ3n) is 6.34. The molecule has 0 bridgehead atoms. The third-order valence-corrected chi connectivity index (χ3v) is 6.34. The predicted molar refractivity (Wildman–Crippen MR) is 161 cm³/mol. The first-order valence-corrected chi connectivity index (χ1v) is 13.2. The van der Waals surface area contributed by atoms with Crippen LogP contribution in [0.2, 0.25) is 0 Å². The summed E-state index contributed by atoms with van der Waals surface area (Å²) in [4.78, 5) is 33.2. The van der Waals surface area contributed by atoms with Gasteiger partial charge in [0.25, 0.3) is 11.8 Å². The Morgan fingerprint density at radius 2 is 1.61 bits per heavy atom. The molecule has 0 saturated heterocycles. The summed E-state index contributed by atoms with van der Waals surface area (Å²) in [6.07, 6.45) is 10.9. The summed E-state index contributed by atoms with van der Waals surface area (Å²) in [6, 6.07) is 28.0. The number of hydrogen-bond donors (Lipinski definition) is 3. The molecule has 41 heavy (non-hydrogen) atoms. The zero-order valence-electron chi connectivity index (χ0n) is 22.2. The zero-order valence-corrected chi connectivity index (χ0v) is 22.2. The molecule has 8 heteroatoms. The maximum Gasteiger partial charge on any atom is 0.262 e. The molecule has 2 amide bonds. The van der Waals surface area contributed by atoms with E-state index >= 15 is 0 Å². The standard InChI is InChI=1S/C33H29N5O3/c39-32(23-41-28-16-14-25(15-17-28)13-12-24-7-2-1-3-8-24)37-31(19-27-22-35-30-11-5-4-10-29(27)30)33(40)38-36-21-26-9-6-18-34-20-26/h1-18,20-22,31,35H,19,23H2,(H,37,39)(H,38,40)/b13-12+,36-21+. The monoisotopic (exact) mass is 543 g/mol. The fourth-order valence-corrected chi connectivity index (χ4v) is 4.25. The first kappa shape index (κ1) is 27.1. The van der Waals surface area contributed by atoms with Gasteiger partial charge in [-0.25, -0.2) is 5.43 Å². The van der Waals surface area contributed by atoms with Gasteiger partial charge in [0.15, 0.2) is 6.61 Å². The van der Waals surface area contributed by atoms with Gasteiger partial charge in [-0.15, -0.1) is 0 Å². The molecule has 0 aliphatic rings. The number of amides is 2. The lowest BCUT2D eigenvalue weighted by atomic mass is 10.0. The van der Waals surface area contributed by atoms with Crippen molar-refractivity contribution in [3.05, 3.63) is 132 Å². The van der Waals surface area contributed by atoms with Gasteiger partial charge in [0.05, 0.1) is 6.21 Å². The van der Waals surface area contributed by atoms with Crippen LogP contribution in [0.5, 0.6) is 5.75 Å². The number of carbonyl (C=O) groups is 2. The highest BCUT2D eigenvalue weighted by Gasteiger charge is 2.23. The third kappa shape index (κ3) is 7.77. The summed E-state index contributed by atoms with van der Waals surface area (Å²) in [5.41, 5.74) is 7.24. The SMILES string of the molecule is O=C(COc1ccc(/C=C/c2ccccc2)cc1)NC(Cc1c[nH]c2ccccc12)C(=O)N/N=C/c1cccnc1. The maximum absolute atomic E-state index is 13.1. The predicted octanol–water partition coefficient (Wildman–Crippen LogP) is 4.99. The van der Waals surface area contributed by atoms with Crippen LogP contribution in [0, 0.1) is 0 Å². The minimum Gasteiger partial charge on any atom is -0.484 e. The Balaban J connectivity index is 1.21. The summed E-state index contributed by atoms with van der Waals surface area (Å²) in [6.45, 7) is -0.240. The number of ether oxygens (including phenoxy) is 1. The van der Waals surface area contributed by atoms with E-state index in [-0.39, 0.29) is 13.0 Å². The fourth-order valence-electron chi connectivity index (χ4n) is 4.25. The molecule has 2 aromatic heterocycles. The van der Waals surface area contributed by atoms with Gasteiger partial charge in [0, 0.05) is 41.5 Å². The van der Waals surface area contributed by atoms with Crippen LogP contribution in [0.3, 0.4) is 0 Å². The summed E-state index contributed by atoms with van der Waals surface area (Å²) in [7, 11) is 0. The first-order chi connectivity index (χ1) is 20.1. The Hall–Kier alpha value is -5.50. The van der Waals surface area contributed by atoms with E-state index in [1.54, 1.807) is 30.6 Å². The van der Waals surface area contributed by atoms with E-state index in [4.69, 9.17) is 4.74 Å². The molecular formula is C33H29N5O3. The highest BCUT2D eigenvalue weighted by molar-refractivity contribution is 5.90. The van der Waals surface area contributed by atoms with Gasteiger partial charge in [-0.05, 0) is 41.0 Å². The second-order valence-corrected chi connectivity index (χ2v) is 9.31. The molecule has 0 spiro atoms. The lowest BCUT2D eigenvalue weighted by molar-refractivity contribution is -0.130. The van der Waals surface area contributed by atoms with Crippen molar-refractivity contribution in [3.63, 3.8) is 0 Å². The van der Waals surface area contributed by atoms with Gasteiger partial charge in [-0.1, -0.05) is 78.9 Å². The van der Waals surface area contributed by atoms with Gasteiger partial charge >= 0.3 is 0 Å². The van der Waals surface area contributed by atoms with Crippen LogP contribution in [-0.4, -0.2) is 40.6 Å². The number of pyridine rings is 1. The number of rotatable bonds is 11. The van der Waals surface area contributed by atoms with Crippen LogP contribution >= 0.6 is 0 Å². The van der Waals surface area contributed by atoms with Gasteiger partial charge in [-0.3, -0.25) is 14.6 Å². The van der Waals surface area contributed by atoms with Crippen molar-refractivity contribution in [1.82, 2.24) is 20.7 Å². The van der Waals surface area contributed by atoms with E-state index < -0.39 is 17.9 Å². The van der Waals surface area contributed by atoms with Crippen molar-refractivity contribution >= 4 is 41.1 Å². The number of nitrogens with zero attached hydrogens (tertiary/aromatic N) is 2. The lowest BCUT2D eigenvalue weighted by Gasteiger charge is -2.17. The second kappa shape index (κ2) is 13.5. The van der Waals surface area contributed by atoms with Crippen molar-refractivity contribution < 1.29 is 14.3 Å². The molecule has 3 N–H and O–H groups in total. The Morgan fingerprint density at radius 1 is 0.878 bits per heavy atom. The molecule has 8 nitrogen and oxygen atoms in total. The average Bonchev–Trinajstić information content (AvgIpc) is 3.43. The van der Waals surface area contributed by atoms with Crippen LogP contribution < -0.4 is 15.5 Å². The number of hydrazone groups is 1. The molecule has 0 radical (unpaired) electrons. The van der Waals surface area contributed by atoms with Crippen LogP contribution in [-0.2, 0) is 16.0 Å². The van der Waals surface area contributed by atoms with Gasteiger partial charge in [-0.2, -0.15) is 5.10 Å². The molecule has 5 aromatic rings. The number of aromatic amines is 1. The lowest BCUT2D eigenvalue weighted by Crippen LogP contribution is -2.48. The van der Waals surface area contributed by atoms with Crippen LogP contribution in [0.25, 0.3) is 23.1 Å². The molecule has 204 valence electrons. The minimum atomic E-state index is -0.873. The number of nitrogens with one attached hydrogen (secondary N) is 3. The summed E-state index contributed by atoms with van der Waals surface area (Å²) in [5, 5.41) is 7.82. The summed E-state index contributed by atoms with van der Waals surface area (Å²) >= 11 is 0. The maximum atomic E-state index is 13.1. The molecule has 0 aliphatic carbocycles. The number of carbonyl (C=O) groups excluding carboxylic acids is 2. The minimum absolute atomic E-state index is 0.240. The smallest absolute Gasteiger partial charge is 0.262 e. The van der Waals surface area contributed by atoms with Crippen molar-refractivity contribution in [3.8, 4) is 5.75 Å². The Labute approximate surface area is 237 Å². The van der Waals surface area contributed by atoms with E-state index in [1.807, 2.05) is 91.1 Å². The Morgan fingerprint density at radius 3 is 2.39 bits per heavy atom. The molecule has 0 aliphatic heterocycles. The van der Waals surface area contributed by atoms with E-state index in [0.717, 1.165) is 33.2 Å². The number of para-hydroxylation sites is 1. The number of H-pyrrole nitrogens is 1. The normalized spacial score (nSPS) is 12.0. The Kier molecular flexibility index (Phi) is 8.93. The molecule has 0 fully saturated rings. The molecule has 0 saturated carbocycles. The van der Waals surface area contributed by atoms with Crippen molar-refractivity contribution in [1.29, 1.82) is 0 Å². The highest BCUT2D eigenvalue weighted by Crippen LogP contribution is 2.19. The number of hydrogen-bond acceptors (Lipinski definition) is 5. The quantitative estimate of drug-likeness (QED) is 0.124. The van der Waals surface area contributed by atoms with E-state index in [2.05, 4.69) is 25.8 Å². The highest BCUT2D eigenvalue weighted by atomic mass is 16.5. The van der Waals surface area contributed by atoms with Crippen molar-refractivity contribution in [2.45, 2.75) is 12.5 Å². The van der Waals surface area contributed by atoms with E-state index in [0.29, 0.717) is 5.75 Å². The molecule has 3 aromatic carbocycles. The number of fused-ring (bicyclic) bond motifs is 1. The van der Waals surface area contributed by atoms with Crippen molar-refractivity contribution in [2.24, 2.45) is 5.10 Å². The van der Waals surface area contributed by atoms with E-state index in [1.165, 1.54) is 6.21 Å². The molecule has 2 heterocycles. The molecular weight excluding hydrogens is 514 g/mol. The molecule has 5 rings (SSSR count). The van der Waals surface area contributed by atoms with Gasteiger partial charge in [0.1, 0.15) is 11.8 Å². The summed E-state index contributed by atoms with van der Waals surface area (Å²) in [5.74, 6) is -0.316. The largest absolute Gasteiger partial charge is 0.484 e. The fraction of sp³-hybridized carbons (Fsp3) is 0.0909. The van der Waals surface area contributed by atoms with Crippen molar-refractivity contribution in [2.75, 3.05) is 6.61 Å². The van der Waals surface area contributed by atoms with E-state index in [9.17, 15) is 9.59 Å². The first-order valence-electron chi connectivity index (χ1n) is 13.2. The van der Waals surface area contributed by atoms with Crippen LogP contribution in [0.15, 0.2) is 115 Å². The average molecular weight is 544 g/mol. The van der Waals surface area contributed by atoms with Gasteiger partial charge < -0.3 is 15.0 Å². The molecule has 1 unspecified atom stereocenters. The summed E-state index contributed by atoms with van der Waals surface area (Å²) < 4.78 is 5.70. The number of aromatic nitrogens is 2. The topological polar surface area (TPSA) is 108 Å². The van der Waals surface area contributed by atoms with Gasteiger partial charge in [0.2, 0.25) is 0 Å². The molecule has 1 atom stereocenters. The second-order valence-electron chi connectivity index (χ2n) is 9.31.